The molecule has 0 spiro atoms. The number of nitrogens with zero attached hydrogens (tertiary/aromatic N) is 2. The fourth-order valence-corrected chi connectivity index (χ4v) is 7.33. The van der Waals surface area contributed by atoms with E-state index in [9.17, 15) is 0 Å². The van der Waals surface area contributed by atoms with E-state index in [1.165, 1.54) is 41.5 Å². The van der Waals surface area contributed by atoms with Gasteiger partial charge in [-0.3, -0.25) is 4.67 Å². The van der Waals surface area contributed by atoms with Crippen molar-refractivity contribution in [3.8, 4) is 16.9 Å². The van der Waals surface area contributed by atoms with E-state index in [1.807, 2.05) is 0 Å². The van der Waals surface area contributed by atoms with Gasteiger partial charge in [-0.2, -0.15) is 0 Å². The lowest BCUT2D eigenvalue weighted by atomic mass is 10.1. The van der Waals surface area contributed by atoms with Crippen molar-refractivity contribution in [2.24, 2.45) is 0 Å². The highest BCUT2D eigenvalue weighted by Gasteiger charge is 2.44. The highest BCUT2D eigenvalue weighted by Crippen LogP contribution is 2.56. The van der Waals surface area contributed by atoms with Crippen LogP contribution in [0.2, 0.25) is 0 Å². The van der Waals surface area contributed by atoms with Gasteiger partial charge in [-0.25, -0.2) is 0 Å². The lowest BCUT2D eigenvalue weighted by Gasteiger charge is -2.31. The minimum atomic E-state index is -0.569. The molecule has 0 amide bonds. The lowest BCUT2D eigenvalue weighted by molar-refractivity contribution is 0.417. The molecule has 0 radical (unpaired) electrons. The van der Waals surface area contributed by atoms with E-state index in [4.69, 9.17) is 4.74 Å². The lowest BCUT2D eigenvalue weighted by Crippen LogP contribution is -2.24. The van der Waals surface area contributed by atoms with Gasteiger partial charge in [0.1, 0.15) is 14.0 Å². The Bertz CT molecular complexity index is 944. The van der Waals surface area contributed by atoms with E-state index in [0.29, 0.717) is 6.04 Å². The largest absolute Gasteiger partial charge is 0.496 e. The van der Waals surface area contributed by atoms with Gasteiger partial charge in [-0.05, 0) is 48.2 Å². The van der Waals surface area contributed by atoms with Crippen LogP contribution in [0, 0.1) is 0 Å². The van der Waals surface area contributed by atoms with Crippen LogP contribution in [0.5, 0.6) is 5.75 Å². The summed E-state index contributed by atoms with van der Waals surface area (Å²) >= 11 is 0. The number of fused-ring (bicyclic) bond motifs is 1. The molecule has 1 unspecified atom stereocenters. The highest BCUT2D eigenvalue weighted by molar-refractivity contribution is 7.65. The molecule has 0 N–H and O–H groups in total. The Balaban J connectivity index is 1.51. The van der Waals surface area contributed by atoms with E-state index in [2.05, 4.69) is 88.2 Å². The molecule has 0 bridgehead atoms. The summed E-state index contributed by atoms with van der Waals surface area (Å²) < 4.78 is 11.1. The van der Waals surface area contributed by atoms with Crippen molar-refractivity contribution in [1.82, 2.24) is 4.67 Å². The third-order valence-corrected chi connectivity index (χ3v) is 8.44. The number of ether oxygens (including phenoxy) is 1. The molecule has 3 aromatic carbocycles. The van der Waals surface area contributed by atoms with Crippen LogP contribution in [0.25, 0.3) is 11.1 Å². The van der Waals surface area contributed by atoms with Crippen LogP contribution in [0.4, 0.5) is 5.69 Å². The third-order valence-electron chi connectivity index (χ3n) is 5.77. The van der Waals surface area contributed by atoms with Gasteiger partial charge in [0.15, 0.2) is 0 Å². The molecule has 2 atom stereocenters. The summed E-state index contributed by atoms with van der Waals surface area (Å²) in [7, 11) is 1.21. The van der Waals surface area contributed by atoms with Gasteiger partial charge < -0.3 is 9.41 Å². The number of hydrogen-bond donors (Lipinski definition) is 0. The molecule has 2 aliphatic rings. The first-order valence-corrected chi connectivity index (χ1v) is 11.2. The van der Waals surface area contributed by atoms with Gasteiger partial charge in [0.05, 0.1) is 12.4 Å². The number of anilines is 1. The van der Waals surface area contributed by atoms with Crippen molar-refractivity contribution in [3.05, 3.63) is 78.9 Å². The van der Waals surface area contributed by atoms with Crippen molar-refractivity contribution in [1.29, 1.82) is 0 Å². The van der Waals surface area contributed by atoms with E-state index < -0.39 is 8.22 Å². The Morgan fingerprint density at radius 2 is 1.57 bits per heavy atom. The summed E-state index contributed by atoms with van der Waals surface area (Å²) in [4.78, 5) is 0. The average Bonchev–Trinajstić information content (AvgIpc) is 3.36. The number of hydrogen-bond acceptors (Lipinski definition) is 3. The van der Waals surface area contributed by atoms with E-state index >= 15 is 0 Å². The van der Waals surface area contributed by atoms with Crippen LogP contribution in [-0.4, -0.2) is 30.9 Å². The Morgan fingerprint density at radius 3 is 2.36 bits per heavy atom. The zero-order chi connectivity index (χ0) is 18.9. The number of rotatable bonds is 4. The molecule has 3 aromatic rings. The summed E-state index contributed by atoms with van der Waals surface area (Å²) in [5.74, 6) is 1.01. The molecule has 2 fully saturated rings. The topological polar surface area (TPSA) is 15.7 Å². The zero-order valence-electron chi connectivity index (χ0n) is 16.2. The molecular weight excluding hydrogens is 363 g/mol. The first-order chi connectivity index (χ1) is 13.8. The van der Waals surface area contributed by atoms with E-state index in [-0.39, 0.29) is 0 Å². The maximum absolute atomic E-state index is 5.73. The normalized spacial score (nSPS) is 21.7. The van der Waals surface area contributed by atoms with Crippen molar-refractivity contribution in [2.75, 3.05) is 24.9 Å². The standard InChI is InChI=1S/C24H25N2OP/c1-27-23-11-5-6-12-24(23)28-25-17-7-10-22(25)18-26(28)21-15-13-20(14-16-21)19-8-3-2-4-9-19/h2-6,8-9,11-16,22H,7,10,17-18H2,1H3/t22-,28?/m0/s1. The fraction of sp³-hybridized carbons (Fsp3) is 0.250. The van der Waals surface area contributed by atoms with Gasteiger partial charge in [-0.1, -0.05) is 54.6 Å². The SMILES string of the molecule is COc1ccccc1P1N(c2ccc(-c3ccccc3)cc2)C[C@@H]2CCCN21. The van der Waals surface area contributed by atoms with Crippen molar-refractivity contribution in [2.45, 2.75) is 18.9 Å². The molecule has 28 heavy (non-hydrogen) atoms. The van der Waals surface area contributed by atoms with E-state index in [1.54, 1.807) is 7.11 Å². The van der Waals surface area contributed by atoms with Crippen molar-refractivity contribution >= 4 is 19.2 Å². The van der Waals surface area contributed by atoms with Gasteiger partial charge in [0.2, 0.25) is 0 Å². The summed E-state index contributed by atoms with van der Waals surface area (Å²) in [6.07, 6.45) is 2.60. The van der Waals surface area contributed by atoms with E-state index in [0.717, 1.165) is 12.3 Å². The van der Waals surface area contributed by atoms with Crippen LogP contribution >= 0.6 is 8.22 Å². The summed E-state index contributed by atoms with van der Waals surface area (Å²) in [5.41, 5.74) is 3.85. The molecule has 4 heteroatoms. The maximum atomic E-state index is 5.73. The second-order valence-electron chi connectivity index (χ2n) is 7.42. The second kappa shape index (κ2) is 7.58. The first-order valence-electron chi connectivity index (χ1n) is 9.98. The Morgan fingerprint density at radius 1 is 0.857 bits per heavy atom. The summed E-state index contributed by atoms with van der Waals surface area (Å²) in [6.45, 7) is 2.29. The number of para-hydroxylation sites is 1. The molecule has 142 valence electrons. The number of methoxy groups -OCH3 is 1. The Labute approximate surface area is 168 Å². The summed E-state index contributed by atoms with van der Waals surface area (Å²) in [5, 5.41) is 1.33. The molecule has 3 nitrogen and oxygen atoms in total. The first kappa shape index (κ1) is 17.7. The molecule has 5 rings (SSSR count). The highest BCUT2D eigenvalue weighted by atomic mass is 31.1. The van der Waals surface area contributed by atoms with Crippen molar-refractivity contribution in [3.63, 3.8) is 0 Å². The van der Waals surface area contributed by atoms with Crippen LogP contribution < -0.4 is 14.7 Å². The third kappa shape index (κ3) is 3.09. The smallest absolute Gasteiger partial charge is 0.129 e. The average molecular weight is 388 g/mol. The fourth-order valence-electron chi connectivity index (χ4n) is 4.41. The zero-order valence-corrected chi connectivity index (χ0v) is 17.1. The maximum Gasteiger partial charge on any atom is 0.129 e. The van der Waals surface area contributed by atoms with Gasteiger partial charge in [0.25, 0.3) is 0 Å². The quantitative estimate of drug-likeness (QED) is 0.565. The molecule has 2 saturated heterocycles. The second-order valence-corrected chi connectivity index (χ2v) is 9.47. The van der Waals surface area contributed by atoms with Gasteiger partial charge in [-0.15, -0.1) is 0 Å². The van der Waals surface area contributed by atoms with Crippen molar-refractivity contribution < 1.29 is 4.74 Å². The van der Waals surface area contributed by atoms with Gasteiger partial charge >= 0.3 is 0 Å². The molecular formula is C24H25N2OP. The van der Waals surface area contributed by atoms with Crippen LogP contribution in [0.15, 0.2) is 78.9 Å². The molecule has 0 aliphatic carbocycles. The predicted molar refractivity (Wildman–Crippen MR) is 119 cm³/mol. The molecule has 0 aromatic heterocycles. The van der Waals surface area contributed by atoms with Crippen LogP contribution in [-0.2, 0) is 0 Å². The van der Waals surface area contributed by atoms with Crippen LogP contribution in [0.1, 0.15) is 12.8 Å². The van der Waals surface area contributed by atoms with Crippen LogP contribution in [0.3, 0.4) is 0 Å². The predicted octanol–water partition coefficient (Wildman–Crippen LogP) is 5.28. The summed E-state index contributed by atoms with van der Waals surface area (Å²) in [6, 6.07) is 28.9. The number of benzene rings is 3. The Hall–Kier alpha value is -2.35. The molecule has 2 heterocycles. The minimum absolute atomic E-state index is 0.569. The minimum Gasteiger partial charge on any atom is -0.496 e. The Kier molecular flexibility index (Phi) is 4.80. The molecule has 0 saturated carbocycles. The monoisotopic (exact) mass is 388 g/mol. The van der Waals surface area contributed by atoms with Gasteiger partial charge in [0, 0.05) is 24.8 Å². The molecule has 2 aliphatic heterocycles.